The number of aromatic nitrogens is 1. The lowest BCUT2D eigenvalue weighted by Crippen LogP contribution is -2.51. The highest BCUT2D eigenvalue weighted by Crippen LogP contribution is 2.31. The van der Waals surface area contributed by atoms with Crippen molar-refractivity contribution in [2.45, 2.75) is 51.8 Å². The van der Waals surface area contributed by atoms with Gasteiger partial charge in [0.05, 0.1) is 12.2 Å². The van der Waals surface area contributed by atoms with E-state index in [4.69, 9.17) is 9.26 Å². The van der Waals surface area contributed by atoms with Crippen LogP contribution in [0.2, 0.25) is 0 Å². The van der Waals surface area contributed by atoms with E-state index in [1.807, 2.05) is 6.26 Å². The van der Waals surface area contributed by atoms with Crippen LogP contribution >= 0.6 is 11.8 Å². The molecule has 1 aromatic heterocycles. The van der Waals surface area contributed by atoms with E-state index in [9.17, 15) is 14.0 Å². The molecule has 168 valence electrons. The maximum Gasteiger partial charge on any atom is 0.408 e. The average Bonchev–Trinajstić information content (AvgIpc) is 3.13. The maximum atomic E-state index is 13.3. The van der Waals surface area contributed by atoms with Gasteiger partial charge in [-0.25, -0.2) is 9.18 Å². The molecule has 0 saturated carbocycles. The number of benzene rings is 1. The van der Waals surface area contributed by atoms with Gasteiger partial charge in [0.1, 0.15) is 17.5 Å². The summed E-state index contributed by atoms with van der Waals surface area (Å²) in [6.07, 6.45) is 2.39. The first kappa shape index (κ1) is 23.1. The summed E-state index contributed by atoms with van der Waals surface area (Å²) in [7, 11) is 0. The third-order valence-electron chi connectivity index (χ3n) is 4.85. The molecule has 2 heterocycles. The number of alkyl carbamates (subject to hydrolysis) is 1. The van der Waals surface area contributed by atoms with Crippen LogP contribution in [0.1, 0.15) is 38.4 Å². The van der Waals surface area contributed by atoms with Crippen LogP contribution in [-0.2, 0) is 22.5 Å². The van der Waals surface area contributed by atoms with Crippen LogP contribution in [-0.4, -0.2) is 52.3 Å². The second-order valence-electron chi connectivity index (χ2n) is 8.43. The van der Waals surface area contributed by atoms with E-state index in [1.54, 1.807) is 49.6 Å². The number of hydrogen-bond donors (Lipinski definition) is 1. The Morgan fingerprint density at radius 3 is 2.68 bits per heavy atom. The summed E-state index contributed by atoms with van der Waals surface area (Å²) in [6, 6.07) is 5.29. The Labute approximate surface area is 185 Å². The van der Waals surface area contributed by atoms with Crippen molar-refractivity contribution in [3.8, 4) is 11.3 Å². The van der Waals surface area contributed by atoms with Gasteiger partial charge in [-0.05, 0) is 63.5 Å². The summed E-state index contributed by atoms with van der Waals surface area (Å²) in [5.74, 6) is 0.753. The summed E-state index contributed by atoms with van der Waals surface area (Å²) in [5.41, 5.74) is 1.66. The van der Waals surface area contributed by atoms with E-state index in [1.165, 1.54) is 12.1 Å². The van der Waals surface area contributed by atoms with Gasteiger partial charge in [0.15, 0.2) is 5.76 Å². The molecule has 0 radical (unpaired) electrons. The number of ether oxygens (including phenoxy) is 1. The van der Waals surface area contributed by atoms with Gasteiger partial charge in [-0.2, -0.15) is 11.8 Å². The van der Waals surface area contributed by atoms with Crippen molar-refractivity contribution in [3.63, 3.8) is 0 Å². The summed E-state index contributed by atoms with van der Waals surface area (Å²) >= 11 is 1.61. The van der Waals surface area contributed by atoms with Crippen molar-refractivity contribution in [1.82, 2.24) is 15.4 Å². The van der Waals surface area contributed by atoms with E-state index in [0.717, 1.165) is 17.0 Å². The molecule has 0 bridgehead atoms. The number of halogens is 1. The molecule has 0 spiro atoms. The predicted molar refractivity (Wildman–Crippen MR) is 117 cm³/mol. The number of carbonyl (C=O) groups excluding carboxylic acids is 2. The molecule has 1 unspecified atom stereocenters. The molecule has 7 nitrogen and oxygen atoms in total. The first-order chi connectivity index (χ1) is 14.7. The number of fused-ring (bicyclic) bond motifs is 1. The molecule has 2 aromatic rings. The standard InChI is InChI=1S/C22H28FN3O4S/c1-22(2,3)29-21(28)24-18(10-12-31-4)20(27)26-11-9-17-16(13-26)19(30-25-17)14-5-7-15(23)8-6-14/h5-8,18H,9-13H2,1-4H3,(H,24,28). The third-order valence-corrected chi connectivity index (χ3v) is 5.50. The molecule has 1 atom stereocenters. The largest absolute Gasteiger partial charge is 0.444 e. The van der Waals surface area contributed by atoms with E-state index in [0.29, 0.717) is 37.3 Å². The lowest BCUT2D eigenvalue weighted by Gasteiger charge is -2.31. The Morgan fingerprint density at radius 2 is 2.03 bits per heavy atom. The maximum absolute atomic E-state index is 13.3. The number of thioether (sulfide) groups is 1. The number of nitrogens with zero attached hydrogens (tertiary/aromatic N) is 2. The van der Waals surface area contributed by atoms with Crippen molar-refractivity contribution in [2.24, 2.45) is 0 Å². The van der Waals surface area contributed by atoms with Gasteiger partial charge in [0.2, 0.25) is 5.91 Å². The highest BCUT2D eigenvalue weighted by atomic mass is 32.2. The molecular formula is C22H28FN3O4S. The topological polar surface area (TPSA) is 84.7 Å². The van der Waals surface area contributed by atoms with Crippen LogP contribution < -0.4 is 5.32 Å². The zero-order valence-corrected chi connectivity index (χ0v) is 19.1. The summed E-state index contributed by atoms with van der Waals surface area (Å²) < 4.78 is 24.1. The molecule has 9 heteroatoms. The lowest BCUT2D eigenvalue weighted by atomic mass is 10.0. The zero-order chi connectivity index (χ0) is 22.6. The van der Waals surface area contributed by atoms with Gasteiger partial charge in [-0.1, -0.05) is 5.16 Å². The van der Waals surface area contributed by atoms with Crippen molar-refractivity contribution < 1.29 is 23.2 Å². The minimum absolute atomic E-state index is 0.170. The normalized spacial score (nSPS) is 14.7. The molecule has 0 saturated heterocycles. The Bertz CT molecular complexity index is 924. The van der Waals surface area contributed by atoms with Gasteiger partial charge in [0, 0.05) is 24.1 Å². The quantitative estimate of drug-likeness (QED) is 0.717. The molecule has 0 aliphatic carbocycles. The van der Waals surface area contributed by atoms with E-state index in [2.05, 4.69) is 10.5 Å². The monoisotopic (exact) mass is 449 g/mol. The lowest BCUT2D eigenvalue weighted by molar-refractivity contribution is -0.134. The highest BCUT2D eigenvalue weighted by molar-refractivity contribution is 7.98. The van der Waals surface area contributed by atoms with Gasteiger partial charge in [-0.3, -0.25) is 4.79 Å². The first-order valence-corrected chi connectivity index (χ1v) is 11.6. The molecule has 31 heavy (non-hydrogen) atoms. The molecule has 3 rings (SSSR count). The second-order valence-corrected chi connectivity index (χ2v) is 9.42. The van der Waals surface area contributed by atoms with Crippen LogP contribution in [0, 0.1) is 5.82 Å². The fraction of sp³-hybridized carbons (Fsp3) is 0.500. The summed E-state index contributed by atoms with van der Waals surface area (Å²) in [4.78, 5) is 27.3. The number of hydrogen-bond acceptors (Lipinski definition) is 6. The predicted octanol–water partition coefficient (Wildman–Crippen LogP) is 4.01. The van der Waals surface area contributed by atoms with E-state index < -0.39 is 17.7 Å². The molecule has 1 aliphatic rings. The fourth-order valence-electron chi connectivity index (χ4n) is 3.39. The summed E-state index contributed by atoms with van der Waals surface area (Å²) in [5, 5.41) is 6.86. The highest BCUT2D eigenvalue weighted by Gasteiger charge is 2.32. The Morgan fingerprint density at radius 1 is 1.32 bits per heavy atom. The fourth-order valence-corrected chi connectivity index (χ4v) is 3.86. The molecule has 1 N–H and O–H groups in total. The van der Waals surface area contributed by atoms with Crippen molar-refractivity contribution in [2.75, 3.05) is 18.6 Å². The van der Waals surface area contributed by atoms with Crippen LogP contribution in [0.3, 0.4) is 0 Å². The molecule has 2 amide bonds. The zero-order valence-electron chi connectivity index (χ0n) is 18.2. The van der Waals surface area contributed by atoms with Gasteiger partial charge >= 0.3 is 6.09 Å². The Balaban J connectivity index is 1.76. The van der Waals surface area contributed by atoms with Crippen LogP contribution in [0.25, 0.3) is 11.3 Å². The first-order valence-electron chi connectivity index (χ1n) is 10.2. The van der Waals surface area contributed by atoms with Crippen LogP contribution in [0.5, 0.6) is 0 Å². The van der Waals surface area contributed by atoms with E-state index in [-0.39, 0.29) is 11.7 Å². The Kier molecular flexibility index (Phi) is 7.25. The van der Waals surface area contributed by atoms with Crippen LogP contribution in [0.4, 0.5) is 9.18 Å². The van der Waals surface area contributed by atoms with E-state index >= 15 is 0 Å². The van der Waals surface area contributed by atoms with Crippen molar-refractivity contribution in [3.05, 3.63) is 41.3 Å². The molecular weight excluding hydrogens is 421 g/mol. The molecule has 0 fully saturated rings. The summed E-state index contributed by atoms with van der Waals surface area (Å²) in [6.45, 7) is 6.13. The van der Waals surface area contributed by atoms with Crippen LogP contribution in [0.15, 0.2) is 28.8 Å². The number of nitrogens with one attached hydrogen (secondary N) is 1. The van der Waals surface area contributed by atoms with Crippen molar-refractivity contribution in [1.29, 1.82) is 0 Å². The molecule has 1 aliphatic heterocycles. The minimum atomic E-state index is -0.682. The number of rotatable bonds is 6. The van der Waals surface area contributed by atoms with Gasteiger partial charge < -0.3 is 19.5 Å². The average molecular weight is 450 g/mol. The minimum Gasteiger partial charge on any atom is -0.444 e. The SMILES string of the molecule is CSCCC(NC(=O)OC(C)(C)C)C(=O)N1CCc2noc(-c3ccc(F)cc3)c2C1. The number of carbonyl (C=O) groups is 2. The third kappa shape index (κ3) is 6.00. The van der Waals surface area contributed by atoms with Gasteiger partial charge in [-0.15, -0.1) is 0 Å². The van der Waals surface area contributed by atoms with Gasteiger partial charge in [0.25, 0.3) is 0 Å². The second kappa shape index (κ2) is 9.72. The Hall–Kier alpha value is -2.55. The smallest absolute Gasteiger partial charge is 0.408 e. The van der Waals surface area contributed by atoms with Crippen molar-refractivity contribution >= 4 is 23.8 Å². The molecule has 1 aromatic carbocycles. The number of amides is 2.